The smallest absolute Gasteiger partial charge is 0.244 e. The topological polar surface area (TPSA) is 86.8 Å². The third-order valence-electron chi connectivity index (χ3n) is 6.46. The van der Waals surface area contributed by atoms with Gasteiger partial charge in [-0.05, 0) is 63.9 Å². The van der Waals surface area contributed by atoms with E-state index in [9.17, 15) is 18.0 Å². The van der Waals surface area contributed by atoms with Gasteiger partial charge in [-0.3, -0.25) is 13.9 Å². The van der Waals surface area contributed by atoms with Crippen LogP contribution in [0.3, 0.4) is 0 Å². The zero-order valence-corrected chi connectivity index (χ0v) is 26.6. The number of hydrogen-bond donors (Lipinski definition) is 1. The summed E-state index contributed by atoms with van der Waals surface area (Å²) in [6, 6.07) is 18.7. The molecular weight excluding hydrogens is 581 g/mol. The number of nitrogens with one attached hydrogen (secondary N) is 1. The number of carbonyl (C=O) groups is 2. The number of rotatable bonds is 10. The Morgan fingerprint density at radius 1 is 0.927 bits per heavy atom. The number of carbonyl (C=O) groups excluding carboxylic acids is 2. The normalized spacial score (nSPS) is 12.5. The van der Waals surface area contributed by atoms with E-state index in [2.05, 4.69) is 5.32 Å². The van der Waals surface area contributed by atoms with Crippen LogP contribution in [0, 0.1) is 13.8 Å². The first-order chi connectivity index (χ1) is 19.1. The summed E-state index contributed by atoms with van der Waals surface area (Å²) in [6.07, 6.45) is 1.25. The lowest BCUT2D eigenvalue weighted by Gasteiger charge is -2.35. The lowest BCUT2D eigenvalue weighted by Crippen LogP contribution is -2.56. The zero-order chi connectivity index (χ0) is 30.5. The van der Waals surface area contributed by atoms with Crippen LogP contribution in [-0.4, -0.2) is 49.5 Å². The van der Waals surface area contributed by atoms with E-state index in [0.29, 0.717) is 26.9 Å². The molecule has 0 spiro atoms. The largest absolute Gasteiger partial charge is 0.350 e. The van der Waals surface area contributed by atoms with Crippen molar-refractivity contribution in [2.45, 2.75) is 59.2 Å². The van der Waals surface area contributed by atoms with Crippen LogP contribution >= 0.6 is 23.2 Å². The molecule has 0 aromatic heterocycles. The van der Waals surface area contributed by atoms with Crippen molar-refractivity contribution in [3.05, 3.63) is 99.0 Å². The molecule has 220 valence electrons. The van der Waals surface area contributed by atoms with Gasteiger partial charge in [0.25, 0.3) is 0 Å². The SMILES string of the molecule is Cc1ccc(N(CC(=O)N(Cc2c(Cl)cccc2Cl)C(Cc2ccccc2)C(=O)NC(C)(C)C)S(C)(=O)=O)c(C)c1. The fourth-order valence-electron chi connectivity index (χ4n) is 4.54. The van der Waals surface area contributed by atoms with Crippen LogP contribution in [0.2, 0.25) is 10.0 Å². The predicted octanol–water partition coefficient (Wildman–Crippen LogP) is 5.93. The quantitative estimate of drug-likeness (QED) is 0.305. The molecule has 1 atom stereocenters. The van der Waals surface area contributed by atoms with Gasteiger partial charge >= 0.3 is 0 Å². The van der Waals surface area contributed by atoms with E-state index in [1.807, 2.05) is 64.1 Å². The Kier molecular flexibility index (Phi) is 10.5. The molecule has 0 aliphatic carbocycles. The average Bonchev–Trinajstić information content (AvgIpc) is 2.85. The molecule has 0 heterocycles. The molecule has 3 rings (SSSR count). The Bertz CT molecular complexity index is 1490. The highest BCUT2D eigenvalue weighted by atomic mass is 35.5. The van der Waals surface area contributed by atoms with Crippen LogP contribution in [0.1, 0.15) is 43.0 Å². The summed E-state index contributed by atoms with van der Waals surface area (Å²) < 4.78 is 27.1. The molecule has 10 heteroatoms. The van der Waals surface area contributed by atoms with Crippen LogP contribution in [0.25, 0.3) is 0 Å². The molecule has 0 aliphatic heterocycles. The number of aryl methyl sites for hydroxylation is 2. The number of anilines is 1. The molecule has 41 heavy (non-hydrogen) atoms. The summed E-state index contributed by atoms with van der Waals surface area (Å²) in [4.78, 5) is 29.4. The molecule has 0 fully saturated rings. The summed E-state index contributed by atoms with van der Waals surface area (Å²) in [6.45, 7) is 8.65. The maximum Gasteiger partial charge on any atom is 0.244 e. The van der Waals surface area contributed by atoms with Crippen molar-refractivity contribution in [2.75, 3.05) is 17.1 Å². The molecule has 2 amide bonds. The Hall–Kier alpha value is -3.07. The Balaban J connectivity index is 2.14. The van der Waals surface area contributed by atoms with Crippen LogP contribution in [-0.2, 0) is 32.6 Å². The highest BCUT2D eigenvalue weighted by Gasteiger charge is 2.35. The molecule has 3 aromatic rings. The minimum absolute atomic E-state index is 0.100. The lowest BCUT2D eigenvalue weighted by molar-refractivity contribution is -0.140. The number of benzene rings is 3. The summed E-state index contributed by atoms with van der Waals surface area (Å²) in [7, 11) is -3.87. The first kappa shape index (κ1) is 32.4. The van der Waals surface area contributed by atoms with E-state index in [0.717, 1.165) is 21.7 Å². The Morgan fingerprint density at radius 2 is 1.54 bits per heavy atom. The monoisotopic (exact) mass is 617 g/mol. The zero-order valence-electron chi connectivity index (χ0n) is 24.2. The van der Waals surface area contributed by atoms with Gasteiger partial charge in [0.05, 0.1) is 11.9 Å². The van der Waals surface area contributed by atoms with Gasteiger partial charge in [-0.1, -0.05) is 77.3 Å². The Labute approximate surface area is 253 Å². The van der Waals surface area contributed by atoms with Gasteiger partial charge in [-0.15, -0.1) is 0 Å². The molecule has 7 nitrogen and oxygen atoms in total. The van der Waals surface area contributed by atoms with Crippen molar-refractivity contribution in [2.24, 2.45) is 0 Å². The summed E-state index contributed by atoms with van der Waals surface area (Å²) in [5.41, 5.74) is 2.77. The first-order valence-electron chi connectivity index (χ1n) is 13.2. The van der Waals surface area contributed by atoms with Gasteiger partial charge in [0, 0.05) is 34.1 Å². The first-order valence-corrected chi connectivity index (χ1v) is 15.8. The van der Waals surface area contributed by atoms with Gasteiger partial charge in [-0.25, -0.2) is 8.42 Å². The van der Waals surface area contributed by atoms with E-state index in [1.165, 1.54) is 4.90 Å². The van der Waals surface area contributed by atoms with E-state index in [1.54, 1.807) is 37.3 Å². The van der Waals surface area contributed by atoms with Gasteiger partial charge in [-0.2, -0.15) is 0 Å². The molecule has 0 radical (unpaired) electrons. The van der Waals surface area contributed by atoms with Gasteiger partial charge < -0.3 is 10.2 Å². The number of hydrogen-bond acceptors (Lipinski definition) is 4. The molecule has 0 saturated heterocycles. The molecule has 0 saturated carbocycles. The van der Waals surface area contributed by atoms with Crippen LogP contribution < -0.4 is 9.62 Å². The molecular formula is C31H37Cl2N3O4S. The number of halogens is 2. The second-order valence-corrected chi connectivity index (χ2v) is 13.9. The van der Waals surface area contributed by atoms with Crippen LogP contribution in [0.15, 0.2) is 66.7 Å². The van der Waals surface area contributed by atoms with Crippen molar-refractivity contribution in [3.63, 3.8) is 0 Å². The third-order valence-corrected chi connectivity index (χ3v) is 8.29. The Morgan fingerprint density at radius 3 is 2.07 bits per heavy atom. The fourth-order valence-corrected chi connectivity index (χ4v) is 5.96. The summed E-state index contributed by atoms with van der Waals surface area (Å²) >= 11 is 13.0. The second-order valence-electron chi connectivity index (χ2n) is 11.2. The average molecular weight is 619 g/mol. The van der Waals surface area contributed by atoms with Gasteiger partial charge in [0.1, 0.15) is 12.6 Å². The van der Waals surface area contributed by atoms with E-state index < -0.39 is 34.1 Å². The van der Waals surface area contributed by atoms with Crippen molar-refractivity contribution >= 4 is 50.7 Å². The molecule has 1 unspecified atom stereocenters. The van der Waals surface area contributed by atoms with Crippen LogP contribution in [0.4, 0.5) is 5.69 Å². The number of nitrogens with zero attached hydrogens (tertiary/aromatic N) is 2. The predicted molar refractivity (Wildman–Crippen MR) is 167 cm³/mol. The van der Waals surface area contributed by atoms with E-state index in [4.69, 9.17) is 23.2 Å². The second kappa shape index (κ2) is 13.3. The number of sulfonamides is 1. The number of amides is 2. The van der Waals surface area contributed by atoms with Gasteiger partial charge in [0.15, 0.2) is 0 Å². The third kappa shape index (κ3) is 8.96. The molecule has 1 N–H and O–H groups in total. The molecule has 0 aliphatic rings. The van der Waals surface area contributed by atoms with Crippen molar-refractivity contribution < 1.29 is 18.0 Å². The fraction of sp³-hybridized carbons (Fsp3) is 0.355. The highest BCUT2D eigenvalue weighted by molar-refractivity contribution is 7.92. The van der Waals surface area contributed by atoms with Crippen molar-refractivity contribution in [3.8, 4) is 0 Å². The lowest BCUT2D eigenvalue weighted by atomic mass is 10.0. The van der Waals surface area contributed by atoms with E-state index >= 15 is 0 Å². The van der Waals surface area contributed by atoms with Gasteiger partial charge in [0.2, 0.25) is 21.8 Å². The summed E-state index contributed by atoms with van der Waals surface area (Å²) in [5, 5.41) is 3.66. The summed E-state index contributed by atoms with van der Waals surface area (Å²) in [5.74, 6) is -0.952. The molecule has 3 aromatic carbocycles. The van der Waals surface area contributed by atoms with Crippen molar-refractivity contribution in [1.82, 2.24) is 10.2 Å². The highest BCUT2D eigenvalue weighted by Crippen LogP contribution is 2.29. The van der Waals surface area contributed by atoms with Crippen LogP contribution in [0.5, 0.6) is 0 Å². The standard InChI is InChI=1S/C31H37Cl2N3O4S/c1-21-15-16-27(22(2)17-21)36(41(6,39)40)20-29(37)35(19-24-25(32)13-10-14-26(24)33)28(30(38)34-31(3,4)5)18-23-11-8-7-9-12-23/h7-17,28H,18-20H2,1-6H3,(H,34,38). The van der Waals surface area contributed by atoms with Crippen molar-refractivity contribution in [1.29, 1.82) is 0 Å². The maximum atomic E-state index is 14.2. The van der Waals surface area contributed by atoms with E-state index in [-0.39, 0.29) is 18.9 Å². The maximum absolute atomic E-state index is 14.2. The minimum atomic E-state index is -3.87. The minimum Gasteiger partial charge on any atom is -0.350 e. The molecule has 0 bridgehead atoms.